The maximum atomic E-state index is 14.0. The molecule has 104 valence electrons. The van der Waals surface area contributed by atoms with E-state index in [0.717, 1.165) is 11.6 Å². The van der Waals surface area contributed by atoms with Gasteiger partial charge in [-0.25, -0.2) is 8.78 Å². The Kier molecular flexibility index (Phi) is 3.51. The molecule has 0 aliphatic carbocycles. The molecule has 0 radical (unpaired) electrons. The smallest absolute Gasteiger partial charge is 0.131 e. The van der Waals surface area contributed by atoms with Crippen LogP contribution in [0.3, 0.4) is 0 Å². The highest BCUT2D eigenvalue weighted by atomic mass is 19.1. The molecule has 0 spiro atoms. The highest BCUT2D eigenvalue weighted by Gasteiger charge is 2.32. The van der Waals surface area contributed by atoms with Gasteiger partial charge in [0.05, 0.1) is 6.04 Å². The first-order valence-electron chi connectivity index (χ1n) is 6.65. The SMILES string of the molecule is NCC1c2c(F)cc(F)cc2CN1Cc1ccccc1. The summed E-state index contributed by atoms with van der Waals surface area (Å²) in [5.41, 5.74) is 8.18. The van der Waals surface area contributed by atoms with Crippen LogP contribution in [0, 0.1) is 11.6 Å². The second-order valence-corrected chi connectivity index (χ2v) is 5.10. The summed E-state index contributed by atoms with van der Waals surface area (Å²) in [6.45, 7) is 1.53. The van der Waals surface area contributed by atoms with Crippen molar-refractivity contribution in [3.8, 4) is 0 Å². The second-order valence-electron chi connectivity index (χ2n) is 5.10. The number of hydrogen-bond donors (Lipinski definition) is 1. The Labute approximate surface area is 116 Å². The van der Waals surface area contributed by atoms with Crippen LogP contribution in [0.25, 0.3) is 0 Å². The van der Waals surface area contributed by atoms with E-state index in [1.807, 2.05) is 30.3 Å². The van der Waals surface area contributed by atoms with Crippen LogP contribution in [0.2, 0.25) is 0 Å². The number of halogens is 2. The first kappa shape index (κ1) is 13.2. The number of hydrogen-bond acceptors (Lipinski definition) is 2. The molecule has 1 aliphatic rings. The summed E-state index contributed by atoms with van der Waals surface area (Å²) in [4.78, 5) is 2.09. The van der Waals surface area contributed by atoms with Crippen LogP contribution >= 0.6 is 0 Å². The van der Waals surface area contributed by atoms with Gasteiger partial charge in [-0.15, -0.1) is 0 Å². The Morgan fingerprint density at radius 3 is 2.60 bits per heavy atom. The van der Waals surface area contributed by atoms with Gasteiger partial charge in [-0.2, -0.15) is 0 Å². The van der Waals surface area contributed by atoms with Gasteiger partial charge in [0, 0.05) is 31.3 Å². The Balaban J connectivity index is 1.91. The first-order chi connectivity index (χ1) is 9.69. The third kappa shape index (κ3) is 2.32. The molecule has 2 aromatic rings. The van der Waals surface area contributed by atoms with Gasteiger partial charge in [-0.1, -0.05) is 30.3 Å². The average Bonchev–Trinajstić information content (AvgIpc) is 2.77. The minimum Gasteiger partial charge on any atom is -0.329 e. The minimum atomic E-state index is -0.529. The number of rotatable bonds is 3. The monoisotopic (exact) mass is 274 g/mol. The van der Waals surface area contributed by atoms with Gasteiger partial charge in [-0.3, -0.25) is 4.90 Å². The predicted molar refractivity (Wildman–Crippen MR) is 73.8 cm³/mol. The van der Waals surface area contributed by atoms with Gasteiger partial charge < -0.3 is 5.73 Å². The quantitative estimate of drug-likeness (QED) is 0.932. The molecule has 0 fully saturated rings. The zero-order valence-electron chi connectivity index (χ0n) is 11.0. The van der Waals surface area contributed by atoms with Gasteiger partial charge >= 0.3 is 0 Å². The van der Waals surface area contributed by atoms with Crippen molar-refractivity contribution in [1.29, 1.82) is 0 Å². The fourth-order valence-corrected chi connectivity index (χ4v) is 2.90. The number of benzene rings is 2. The molecule has 2 aromatic carbocycles. The molecule has 0 saturated heterocycles. The maximum Gasteiger partial charge on any atom is 0.131 e. The van der Waals surface area contributed by atoms with Crippen molar-refractivity contribution in [2.75, 3.05) is 6.54 Å². The lowest BCUT2D eigenvalue weighted by atomic mass is 10.0. The summed E-state index contributed by atoms with van der Waals surface area (Å²) in [6, 6.07) is 12.1. The predicted octanol–water partition coefficient (Wildman–Crippen LogP) is 2.98. The summed E-state index contributed by atoms with van der Waals surface area (Å²) in [5, 5.41) is 0. The van der Waals surface area contributed by atoms with E-state index in [-0.39, 0.29) is 6.04 Å². The van der Waals surface area contributed by atoms with E-state index in [1.54, 1.807) is 0 Å². The Hall–Kier alpha value is -1.78. The van der Waals surface area contributed by atoms with E-state index in [4.69, 9.17) is 5.73 Å². The van der Waals surface area contributed by atoms with Crippen LogP contribution in [0.4, 0.5) is 8.78 Å². The largest absolute Gasteiger partial charge is 0.329 e. The average molecular weight is 274 g/mol. The minimum absolute atomic E-state index is 0.189. The normalized spacial score (nSPS) is 18.2. The molecule has 0 amide bonds. The van der Waals surface area contributed by atoms with E-state index >= 15 is 0 Å². The van der Waals surface area contributed by atoms with E-state index in [2.05, 4.69) is 4.90 Å². The highest BCUT2D eigenvalue weighted by molar-refractivity contribution is 5.36. The number of nitrogens with zero attached hydrogens (tertiary/aromatic N) is 1. The molecule has 4 heteroatoms. The van der Waals surface area contributed by atoms with E-state index in [1.165, 1.54) is 6.07 Å². The fourth-order valence-electron chi connectivity index (χ4n) is 2.90. The lowest BCUT2D eigenvalue weighted by Gasteiger charge is -2.23. The number of fused-ring (bicyclic) bond motifs is 1. The summed E-state index contributed by atoms with van der Waals surface area (Å²) < 4.78 is 27.3. The third-order valence-corrected chi connectivity index (χ3v) is 3.78. The van der Waals surface area contributed by atoms with Crippen molar-refractivity contribution < 1.29 is 8.78 Å². The second kappa shape index (κ2) is 5.31. The van der Waals surface area contributed by atoms with Crippen molar-refractivity contribution in [1.82, 2.24) is 4.90 Å². The standard InChI is InChI=1S/C16H16F2N2/c17-13-6-12-10-20(9-11-4-2-1-3-5-11)15(8-19)16(12)14(18)7-13/h1-7,15H,8-10,19H2. The van der Waals surface area contributed by atoms with Crippen LogP contribution < -0.4 is 5.73 Å². The fraction of sp³-hybridized carbons (Fsp3) is 0.250. The van der Waals surface area contributed by atoms with Gasteiger partial charge in [0.25, 0.3) is 0 Å². The zero-order chi connectivity index (χ0) is 14.1. The highest BCUT2D eigenvalue weighted by Crippen LogP contribution is 2.36. The van der Waals surface area contributed by atoms with E-state index in [0.29, 0.717) is 30.8 Å². The van der Waals surface area contributed by atoms with Crippen molar-refractivity contribution in [3.05, 3.63) is 70.8 Å². The van der Waals surface area contributed by atoms with Crippen LogP contribution in [-0.2, 0) is 13.1 Å². The molecule has 3 rings (SSSR count). The summed E-state index contributed by atoms with van der Waals surface area (Å²) in [5.74, 6) is -1.02. The molecule has 1 atom stereocenters. The van der Waals surface area contributed by atoms with Crippen LogP contribution in [0.1, 0.15) is 22.7 Å². The van der Waals surface area contributed by atoms with Crippen molar-refractivity contribution in [2.24, 2.45) is 5.73 Å². The Bertz CT molecular complexity index is 613. The molecule has 1 unspecified atom stereocenters. The molecular weight excluding hydrogens is 258 g/mol. The van der Waals surface area contributed by atoms with Crippen LogP contribution in [-0.4, -0.2) is 11.4 Å². The van der Waals surface area contributed by atoms with Crippen molar-refractivity contribution in [2.45, 2.75) is 19.1 Å². The molecule has 0 saturated carbocycles. The molecule has 1 aliphatic heterocycles. The Morgan fingerprint density at radius 2 is 1.90 bits per heavy atom. The maximum absolute atomic E-state index is 14.0. The molecule has 1 heterocycles. The molecule has 20 heavy (non-hydrogen) atoms. The van der Waals surface area contributed by atoms with Gasteiger partial charge in [0.2, 0.25) is 0 Å². The van der Waals surface area contributed by atoms with Gasteiger partial charge in [0.1, 0.15) is 11.6 Å². The van der Waals surface area contributed by atoms with Crippen molar-refractivity contribution in [3.63, 3.8) is 0 Å². The van der Waals surface area contributed by atoms with E-state index < -0.39 is 11.6 Å². The number of nitrogens with two attached hydrogens (primary N) is 1. The van der Waals surface area contributed by atoms with E-state index in [9.17, 15) is 8.78 Å². The van der Waals surface area contributed by atoms with Crippen molar-refractivity contribution >= 4 is 0 Å². The Morgan fingerprint density at radius 1 is 1.15 bits per heavy atom. The summed E-state index contributed by atoms with van der Waals surface area (Å²) >= 11 is 0. The molecule has 2 N–H and O–H groups in total. The molecule has 0 aromatic heterocycles. The topological polar surface area (TPSA) is 29.3 Å². The summed E-state index contributed by atoms with van der Waals surface area (Å²) in [6.07, 6.45) is 0. The molecule has 2 nitrogen and oxygen atoms in total. The van der Waals surface area contributed by atoms with Crippen LogP contribution in [0.15, 0.2) is 42.5 Å². The molecule has 0 bridgehead atoms. The first-order valence-corrected chi connectivity index (χ1v) is 6.65. The summed E-state index contributed by atoms with van der Waals surface area (Å²) in [7, 11) is 0. The lowest BCUT2D eigenvalue weighted by Crippen LogP contribution is -2.27. The van der Waals surface area contributed by atoms with Gasteiger partial charge in [0.15, 0.2) is 0 Å². The lowest BCUT2D eigenvalue weighted by molar-refractivity contribution is 0.208. The third-order valence-electron chi connectivity index (χ3n) is 3.78. The zero-order valence-corrected chi connectivity index (χ0v) is 11.0. The van der Waals surface area contributed by atoms with Gasteiger partial charge in [-0.05, 0) is 17.2 Å². The van der Waals surface area contributed by atoms with Crippen LogP contribution in [0.5, 0.6) is 0 Å². The molecular formula is C16H16F2N2.